The quantitative estimate of drug-likeness (QED) is 0.653. The Labute approximate surface area is 200 Å². The smallest absolute Gasteiger partial charge is 0.259 e. The van der Waals surface area contributed by atoms with Gasteiger partial charge in [0.05, 0.1) is 19.2 Å². The number of hydrogen-bond acceptors (Lipinski definition) is 6. The summed E-state index contributed by atoms with van der Waals surface area (Å²) < 4.78 is 6.21. The molecule has 0 saturated heterocycles. The molecule has 3 rings (SSSR count). The van der Waals surface area contributed by atoms with Crippen LogP contribution in [0.4, 0.5) is 0 Å². The van der Waals surface area contributed by atoms with Crippen LogP contribution in [0.3, 0.4) is 0 Å². The maximum Gasteiger partial charge on any atom is 0.259 e. The number of aliphatic hydroxyl groups excluding tert-OH is 2. The number of ether oxygens (including phenoxy) is 1. The minimum atomic E-state index is -0.817. The summed E-state index contributed by atoms with van der Waals surface area (Å²) in [5, 5.41) is 19.2. The van der Waals surface area contributed by atoms with Gasteiger partial charge in [0.15, 0.2) is 0 Å². The van der Waals surface area contributed by atoms with Crippen LogP contribution in [0.15, 0.2) is 42.6 Å². The van der Waals surface area contributed by atoms with Crippen molar-refractivity contribution in [1.29, 1.82) is 0 Å². The van der Waals surface area contributed by atoms with Gasteiger partial charge in [0, 0.05) is 36.8 Å². The van der Waals surface area contributed by atoms with E-state index >= 15 is 0 Å². The number of pyridine rings is 1. The molecule has 2 aromatic rings. The van der Waals surface area contributed by atoms with Crippen molar-refractivity contribution in [3.63, 3.8) is 0 Å². The minimum Gasteiger partial charge on any atom is -0.472 e. The summed E-state index contributed by atoms with van der Waals surface area (Å²) in [6.45, 7) is 5.70. The highest BCUT2D eigenvalue weighted by atomic mass is 16.5. The zero-order valence-corrected chi connectivity index (χ0v) is 19.9. The molecule has 0 fully saturated rings. The van der Waals surface area contributed by atoms with Gasteiger partial charge in [-0.1, -0.05) is 37.0 Å². The number of benzene rings is 1. The van der Waals surface area contributed by atoms with Crippen molar-refractivity contribution in [2.45, 2.75) is 39.0 Å². The molecule has 2 N–H and O–H groups in total. The lowest BCUT2D eigenvalue weighted by Gasteiger charge is -2.37. The van der Waals surface area contributed by atoms with Crippen molar-refractivity contribution in [3.8, 4) is 17.7 Å². The first-order valence-electron chi connectivity index (χ1n) is 11.3. The molecule has 1 aliphatic rings. The summed E-state index contributed by atoms with van der Waals surface area (Å²) in [5.41, 5.74) is 1.27. The molecule has 8 nitrogen and oxygen atoms in total. The second-order valence-corrected chi connectivity index (χ2v) is 8.70. The number of likely N-dealkylation sites (N-methyl/N-ethyl adjacent to an activating group) is 1. The molecule has 0 saturated carbocycles. The number of nitrogens with zero attached hydrogens (tertiary/aromatic N) is 3. The van der Waals surface area contributed by atoms with E-state index in [1.165, 1.54) is 6.20 Å². The van der Waals surface area contributed by atoms with Crippen LogP contribution in [0.1, 0.15) is 47.1 Å². The standard InChI is InChI=1S/C26H31N3O5/c1-17-14-29(18(2)16-30)26(33)22-12-20(11-10-19(3)31)13-27-24(22)34-23(17)15-28(4)25(32)21-8-6-5-7-9-21/h5-9,12-13,17-19,23,30-31H,14-16H2,1-4H3/t17-,18+,19+,23+/m0/s1. The summed E-state index contributed by atoms with van der Waals surface area (Å²) in [6, 6.07) is 10.2. The summed E-state index contributed by atoms with van der Waals surface area (Å²) in [4.78, 5) is 33.8. The van der Waals surface area contributed by atoms with Crippen LogP contribution in [0.2, 0.25) is 0 Å². The zero-order chi connectivity index (χ0) is 24.8. The van der Waals surface area contributed by atoms with E-state index in [9.17, 15) is 19.8 Å². The maximum atomic E-state index is 13.4. The highest BCUT2D eigenvalue weighted by molar-refractivity contribution is 5.97. The first-order chi connectivity index (χ1) is 16.2. The van der Waals surface area contributed by atoms with E-state index in [2.05, 4.69) is 16.8 Å². The predicted octanol–water partition coefficient (Wildman–Crippen LogP) is 1.81. The highest BCUT2D eigenvalue weighted by Gasteiger charge is 2.34. The van der Waals surface area contributed by atoms with E-state index in [0.717, 1.165) is 0 Å². The van der Waals surface area contributed by atoms with Gasteiger partial charge in [-0.15, -0.1) is 0 Å². The Balaban J connectivity index is 1.95. The van der Waals surface area contributed by atoms with E-state index in [1.807, 2.05) is 25.1 Å². The molecule has 8 heteroatoms. The SMILES string of the molecule is C[C@H](CO)N1C[C@H](C)[C@@H](CN(C)C(=O)c2ccccc2)Oc2ncc(C#C[C@@H](C)O)cc2C1=O. The fourth-order valence-corrected chi connectivity index (χ4v) is 3.73. The molecule has 0 unspecified atom stereocenters. The Morgan fingerprint density at radius 3 is 2.68 bits per heavy atom. The predicted molar refractivity (Wildman–Crippen MR) is 127 cm³/mol. The van der Waals surface area contributed by atoms with Crippen LogP contribution >= 0.6 is 0 Å². The van der Waals surface area contributed by atoms with Crippen LogP contribution in [0.5, 0.6) is 5.88 Å². The molecular weight excluding hydrogens is 434 g/mol. The fourth-order valence-electron chi connectivity index (χ4n) is 3.73. The molecule has 0 radical (unpaired) electrons. The molecule has 4 atom stereocenters. The van der Waals surface area contributed by atoms with Gasteiger partial charge < -0.3 is 24.7 Å². The summed E-state index contributed by atoms with van der Waals surface area (Å²) in [7, 11) is 1.71. The number of aromatic nitrogens is 1. The first kappa shape index (κ1) is 25.2. The third kappa shape index (κ3) is 5.93. The molecule has 0 bridgehead atoms. The van der Waals surface area contributed by atoms with E-state index in [0.29, 0.717) is 17.7 Å². The van der Waals surface area contributed by atoms with Crippen molar-refractivity contribution in [3.05, 3.63) is 59.3 Å². The third-order valence-electron chi connectivity index (χ3n) is 5.77. The Kier molecular flexibility index (Phi) is 8.26. The van der Waals surface area contributed by atoms with E-state index in [4.69, 9.17) is 4.74 Å². The number of fused-ring (bicyclic) bond motifs is 1. The third-order valence-corrected chi connectivity index (χ3v) is 5.77. The molecule has 2 amide bonds. The average molecular weight is 466 g/mol. The number of hydrogen-bond donors (Lipinski definition) is 2. The molecule has 0 aliphatic carbocycles. The van der Waals surface area contributed by atoms with Crippen LogP contribution in [-0.2, 0) is 0 Å². The van der Waals surface area contributed by atoms with Gasteiger partial charge in [-0.3, -0.25) is 9.59 Å². The van der Waals surface area contributed by atoms with Crippen molar-refractivity contribution in [2.24, 2.45) is 5.92 Å². The van der Waals surface area contributed by atoms with Gasteiger partial charge in [-0.2, -0.15) is 0 Å². The van der Waals surface area contributed by atoms with Crippen molar-refractivity contribution < 1.29 is 24.5 Å². The molecule has 1 aliphatic heterocycles. The molecule has 0 spiro atoms. The Morgan fingerprint density at radius 2 is 2.03 bits per heavy atom. The first-order valence-corrected chi connectivity index (χ1v) is 11.3. The molecule has 1 aromatic carbocycles. The lowest BCUT2D eigenvalue weighted by atomic mass is 9.99. The van der Waals surface area contributed by atoms with E-state index in [-0.39, 0.29) is 42.3 Å². The molecule has 2 heterocycles. The zero-order valence-electron chi connectivity index (χ0n) is 19.9. The van der Waals surface area contributed by atoms with Gasteiger partial charge >= 0.3 is 0 Å². The van der Waals surface area contributed by atoms with Gasteiger partial charge in [-0.25, -0.2) is 4.98 Å². The molecular formula is C26H31N3O5. The normalized spacial score (nSPS) is 19.5. The molecule has 34 heavy (non-hydrogen) atoms. The van der Waals surface area contributed by atoms with E-state index in [1.54, 1.807) is 48.9 Å². The number of amides is 2. The fraction of sp³-hybridized carbons (Fsp3) is 0.423. The number of carbonyl (C=O) groups excluding carboxylic acids is 2. The second-order valence-electron chi connectivity index (χ2n) is 8.70. The Hall–Kier alpha value is -3.41. The Bertz CT molecular complexity index is 1080. The van der Waals surface area contributed by atoms with Gasteiger partial charge in [0.25, 0.3) is 11.8 Å². The van der Waals surface area contributed by atoms with E-state index < -0.39 is 18.2 Å². The van der Waals surface area contributed by atoms with Gasteiger partial charge in [0.1, 0.15) is 17.8 Å². The molecule has 1 aromatic heterocycles. The second kappa shape index (κ2) is 11.1. The number of rotatable bonds is 5. The lowest BCUT2D eigenvalue weighted by molar-refractivity contribution is 0.0313. The van der Waals surface area contributed by atoms with Crippen LogP contribution in [0.25, 0.3) is 0 Å². The monoisotopic (exact) mass is 465 g/mol. The van der Waals surface area contributed by atoms with Gasteiger partial charge in [0.2, 0.25) is 5.88 Å². The van der Waals surface area contributed by atoms with Crippen molar-refractivity contribution >= 4 is 11.8 Å². The number of carbonyl (C=O) groups is 2. The van der Waals surface area contributed by atoms with Crippen molar-refractivity contribution in [2.75, 3.05) is 26.7 Å². The minimum absolute atomic E-state index is 0.132. The van der Waals surface area contributed by atoms with Crippen LogP contribution < -0.4 is 4.74 Å². The largest absolute Gasteiger partial charge is 0.472 e. The maximum absolute atomic E-state index is 13.4. The average Bonchev–Trinajstić information content (AvgIpc) is 2.84. The van der Waals surface area contributed by atoms with Crippen LogP contribution in [0, 0.1) is 17.8 Å². The lowest BCUT2D eigenvalue weighted by Crippen LogP contribution is -2.50. The molecule has 180 valence electrons. The number of aliphatic hydroxyl groups is 2. The van der Waals surface area contributed by atoms with Crippen LogP contribution in [-0.4, -0.2) is 81.8 Å². The Morgan fingerprint density at radius 1 is 1.32 bits per heavy atom. The topological polar surface area (TPSA) is 103 Å². The summed E-state index contributed by atoms with van der Waals surface area (Å²) >= 11 is 0. The highest BCUT2D eigenvalue weighted by Crippen LogP contribution is 2.27. The summed E-state index contributed by atoms with van der Waals surface area (Å²) in [5.74, 6) is 5.00. The van der Waals surface area contributed by atoms with Crippen molar-refractivity contribution in [1.82, 2.24) is 14.8 Å². The van der Waals surface area contributed by atoms with Gasteiger partial charge in [-0.05, 0) is 32.0 Å². The summed E-state index contributed by atoms with van der Waals surface area (Å²) in [6.07, 6.45) is 0.228.